The first-order valence-electron chi connectivity index (χ1n) is 6.10. The van der Waals surface area contributed by atoms with Crippen LogP contribution in [-0.2, 0) is 7.05 Å². The van der Waals surface area contributed by atoms with Gasteiger partial charge < -0.3 is 5.73 Å². The minimum absolute atomic E-state index is 0.292. The van der Waals surface area contributed by atoms with Crippen LogP contribution in [0, 0.1) is 20.8 Å². The van der Waals surface area contributed by atoms with Crippen molar-refractivity contribution in [3.8, 4) is 11.1 Å². The second-order valence-electron chi connectivity index (χ2n) is 4.82. The van der Waals surface area contributed by atoms with Crippen LogP contribution in [0.15, 0.2) is 12.3 Å². The lowest BCUT2D eigenvalue weighted by molar-refractivity contribution is 0.731. The van der Waals surface area contributed by atoms with E-state index < -0.39 is 0 Å². The van der Waals surface area contributed by atoms with E-state index in [-0.39, 0.29) is 0 Å². The lowest BCUT2D eigenvalue weighted by atomic mass is 10.0. The molecule has 6 nitrogen and oxygen atoms in total. The Morgan fingerprint density at radius 1 is 1.16 bits per heavy atom. The van der Waals surface area contributed by atoms with Gasteiger partial charge in [0, 0.05) is 30.1 Å². The smallest absolute Gasteiger partial charge is 0.240 e. The number of aromatic nitrogens is 5. The predicted molar refractivity (Wildman–Crippen MR) is 73.8 cm³/mol. The third-order valence-corrected chi connectivity index (χ3v) is 3.43. The van der Waals surface area contributed by atoms with E-state index >= 15 is 0 Å². The van der Waals surface area contributed by atoms with Gasteiger partial charge in [0.2, 0.25) is 5.95 Å². The third kappa shape index (κ3) is 1.68. The van der Waals surface area contributed by atoms with Crippen LogP contribution < -0.4 is 5.73 Å². The van der Waals surface area contributed by atoms with Gasteiger partial charge in [-0.2, -0.15) is 10.1 Å². The molecule has 3 aromatic heterocycles. The minimum Gasteiger partial charge on any atom is -0.366 e. The Morgan fingerprint density at radius 3 is 2.53 bits per heavy atom. The van der Waals surface area contributed by atoms with E-state index in [4.69, 9.17) is 5.73 Å². The molecule has 0 fully saturated rings. The van der Waals surface area contributed by atoms with Crippen LogP contribution in [-0.4, -0.2) is 24.4 Å². The molecule has 98 valence electrons. The van der Waals surface area contributed by atoms with Crippen molar-refractivity contribution in [2.75, 3.05) is 5.73 Å². The lowest BCUT2D eigenvalue weighted by Crippen LogP contribution is -1.95. The average Bonchev–Trinajstić information content (AvgIpc) is 2.80. The number of nitrogens with zero attached hydrogens (tertiary/aromatic N) is 5. The summed E-state index contributed by atoms with van der Waals surface area (Å²) in [4.78, 5) is 4.21. The van der Waals surface area contributed by atoms with E-state index in [2.05, 4.69) is 28.2 Å². The SMILES string of the molecule is Cc1nn(C)c(C)c1-c1cc(C)c2nc(N)nn2c1. The first-order chi connectivity index (χ1) is 8.97. The summed E-state index contributed by atoms with van der Waals surface area (Å²) in [5, 5.41) is 8.63. The van der Waals surface area contributed by atoms with Crippen LogP contribution in [0.2, 0.25) is 0 Å². The van der Waals surface area contributed by atoms with Crippen LogP contribution in [0.5, 0.6) is 0 Å². The van der Waals surface area contributed by atoms with Crippen molar-refractivity contribution in [2.24, 2.45) is 7.05 Å². The van der Waals surface area contributed by atoms with E-state index in [1.807, 2.05) is 31.8 Å². The molecule has 0 saturated heterocycles. The molecule has 0 unspecified atom stereocenters. The highest BCUT2D eigenvalue weighted by Gasteiger charge is 2.14. The molecule has 19 heavy (non-hydrogen) atoms. The largest absolute Gasteiger partial charge is 0.366 e. The normalized spacial score (nSPS) is 11.4. The standard InChI is InChI=1S/C13H16N6/c1-7-5-10(6-19-12(7)15-13(14)17-19)11-8(2)16-18(4)9(11)3/h5-6H,1-4H3,(H2,14,17). The minimum atomic E-state index is 0.292. The van der Waals surface area contributed by atoms with E-state index in [1.54, 1.807) is 4.52 Å². The van der Waals surface area contributed by atoms with Crippen molar-refractivity contribution >= 4 is 11.6 Å². The molecule has 0 aromatic carbocycles. The maximum Gasteiger partial charge on any atom is 0.240 e. The predicted octanol–water partition coefficient (Wildman–Crippen LogP) is 1.64. The second-order valence-corrected chi connectivity index (χ2v) is 4.82. The maximum absolute atomic E-state index is 5.65. The molecule has 3 aromatic rings. The van der Waals surface area contributed by atoms with Crippen LogP contribution in [0.4, 0.5) is 5.95 Å². The van der Waals surface area contributed by atoms with Gasteiger partial charge in [0.25, 0.3) is 0 Å². The summed E-state index contributed by atoms with van der Waals surface area (Å²) >= 11 is 0. The zero-order valence-electron chi connectivity index (χ0n) is 11.5. The van der Waals surface area contributed by atoms with Crippen molar-refractivity contribution in [2.45, 2.75) is 20.8 Å². The first kappa shape index (κ1) is 11.7. The summed E-state index contributed by atoms with van der Waals surface area (Å²) in [7, 11) is 1.95. The molecule has 0 aliphatic carbocycles. The number of fused-ring (bicyclic) bond motifs is 1. The van der Waals surface area contributed by atoms with Gasteiger partial charge in [-0.3, -0.25) is 4.68 Å². The monoisotopic (exact) mass is 256 g/mol. The van der Waals surface area contributed by atoms with Gasteiger partial charge in [0.1, 0.15) is 0 Å². The Labute approximate surface area is 110 Å². The number of nitrogens with two attached hydrogens (primary N) is 1. The molecule has 0 aliphatic heterocycles. The number of aryl methyl sites for hydroxylation is 3. The average molecular weight is 256 g/mol. The molecule has 2 N–H and O–H groups in total. The number of pyridine rings is 1. The van der Waals surface area contributed by atoms with Gasteiger partial charge in [-0.25, -0.2) is 4.52 Å². The first-order valence-corrected chi connectivity index (χ1v) is 6.10. The number of rotatable bonds is 1. The summed E-state index contributed by atoms with van der Waals surface area (Å²) in [5.41, 5.74) is 11.8. The van der Waals surface area contributed by atoms with Crippen molar-refractivity contribution in [3.05, 3.63) is 29.2 Å². The third-order valence-electron chi connectivity index (χ3n) is 3.43. The summed E-state index contributed by atoms with van der Waals surface area (Å²) in [6, 6.07) is 2.10. The van der Waals surface area contributed by atoms with Gasteiger partial charge in [-0.15, -0.1) is 5.10 Å². The molecule has 0 spiro atoms. The van der Waals surface area contributed by atoms with Crippen LogP contribution in [0.3, 0.4) is 0 Å². The molecule has 6 heteroatoms. The van der Waals surface area contributed by atoms with E-state index in [0.717, 1.165) is 33.7 Å². The molecule has 0 saturated carbocycles. The molecule has 3 rings (SSSR count). The van der Waals surface area contributed by atoms with Gasteiger partial charge in [-0.05, 0) is 32.4 Å². The molecule has 0 radical (unpaired) electrons. The summed E-state index contributed by atoms with van der Waals surface area (Å²) in [6.45, 7) is 6.08. The zero-order valence-corrected chi connectivity index (χ0v) is 11.5. The van der Waals surface area contributed by atoms with Gasteiger partial charge >= 0.3 is 0 Å². The fourth-order valence-electron chi connectivity index (χ4n) is 2.49. The van der Waals surface area contributed by atoms with E-state index in [1.165, 1.54) is 0 Å². The van der Waals surface area contributed by atoms with Crippen LogP contribution >= 0.6 is 0 Å². The van der Waals surface area contributed by atoms with Crippen molar-refractivity contribution in [3.63, 3.8) is 0 Å². The quantitative estimate of drug-likeness (QED) is 0.718. The molecule has 0 atom stereocenters. The zero-order chi connectivity index (χ0) is 13.7. The highest BCUT2D eigenvalue weighted by molar-refractivity contribution is 5.71. The maximum atomic E-state index is 5.65. The second kappa shape index (κ2) is 3.81. The Morgan fingerprint density at radius 2 is 1.89 bits per heavy atom. The Balaban J connectivity index is 2.31. The van der Waals surface area contributed by atoms with E-state index in [9.17, 15) is 0 Å². The van der Waals surface area contributed by atoms with Crippen LogP contribution in [0.1, 0.15) is 17.0 Å². The molecular weight excluding hydrogens is 240 g/mol. The summed E-state index contributed by atoms with van der Waals surface area (Å²) < 4.78 is 3.62. The Kier molecular flexibility index (Phi) is 2.35. The molecule has 3 heterocycles. The fraction of sp³-hybridized carbons (Fsp3) is 0.308. The van der Waals surface area contributed by atoms with Gasteiger partial charge in [0.15, 0.2) is 5.65 Å². The van der Waals surface area contributed by atoms with E-state index in [0.29, 0.717) is 5.95 Å². The summed E-state index contributed by atoms with van der Waals surface area (Å²) in [5.74, 6) is 0.292. The molecule has 0 bridgehead atoms. The number of hydrogen-bond acceptors (Lipinski definition) is 4. The van der Waals surface area contributed by atoms with Crippen molar-refractivity contribution < 1.29 is 0 Å². The fourth-order valence-corrected chi connectivity index (χ4v) is 2.49. The lowest BCUT2D eigenvalue weighted by Gasteiger charge is -2.05. The van der Waals surface area contributed by atoms with Crippen molar-refractivity contribution in [1.29, 1.82) is 0 Å². The van der Waals surface area contributed by atoms with Gasteiger partial charge in [-0.1, -0.05) is 0 Å². The number of hydrogen-bond donors (Lipinski definition) is 1. The highest BCUT2D eigenvalue weighted by Crippen LogP contribution is 2.28. The van der Waals surface area contributed by atoms with Crippen molar-refractivity contribution in [1.82, 2.24) is 24.4 Å². The summed E-state index contributed by atoms with van der Waals surface area (Å²) in [6.07, 6.45) is 1.95. The number of anilines is 1. The molecule has 0 aliphatic rings. The topological polar surface area (TPSA) is 74.0 Å². The molecule has 0 amide bonds. The Hall–Kier alpha value is -2.37. The highest BCUT2D eigenvalue weighted by atomic mass is 15.3. The number of nitrogen functional groups attached to an aromatic ring is 1. The van der Waals surface area contributed by atoms with Gasteiger partial charge in [0.05, 0.1) is 5.69 Å². The molecular formula is C13H16N6. The van der Waals surface area contributed by atoms with Crippen LogP contribution in [0.25, 0.3) is 16.8 Å². The Bertz CT molecular complexity index is 780.